The molecule has 2 aliphatic rings. The summed E-state index contributed by atoms with van der Waals surface area (Å²) in [5.74, 6) is -0.192. The number of benzene rings is 3. The third-order valence-corrected chi connectivity index (χ3v) is 6.92. The highest BCUT2D eigenvalue weighted by Gasteiger charge is 2.48. The Morgan fingerprint density at radius 2 is 1.69 bits per heavy atom. The minimum Gasteiger partial charge on any atom is -0.395 e. The largest absolute Gasteiger partial charge is 0.395 e. The van der Waals surface area contributed by atoms with Gasteiger partial charge in [-0.25, -0.2) is 0 Å². The Morgan fingerprint density at radius 3 is 2.41 bits per heavy atom. The van der Waals surface area contributed by atoms with E-state index in [0.29, 0.717) is 12.0 Å². The van der Waals surface area contributed by atoms with E-state index in [-0.39, 0.29) is 19.1 Å². The van der Waals surface area contributed by atoms with Gasteiger partial charge in [0.15, 0.2) is 0 Å². The first kappa shape index (κ1) is 20.7. The average molecular weight is 426 g/mol. The molecule has 32 heavy (non-hydrogen) atoms. The number of rotatable bonds is 6. The summed E-state index contributed by atoms with van der Waals surface area (Å²) >= 11 is 0. The van der Waals surface area contributed by atoms with Crippen LogP contribution in [0.25, 0.3) is 6.08 Å². The summed E-state index contributed by atoms with van der Waals surface area (Å²) in [6.45, 7) is 0.158. The van der Waals surface area contributed by atoms with Crippen molar-refractivity contribution in [3.8, 4) is 0 Å². The SMILES string of the molecule is O=C(NCCO)c1ccc(CC2(C3=Cc4ccccc4C3)Cc3ccccc3C2O)cc1. The average Bonchev–Trinajstić information content (AvgIpc) is 3.38. The van der Waals surface area contributed by atoms with Gasteiger partial charge in [-0.3, -0.25) is 4.79 Å². The Bertz CT molecular complexity index is 1180. The Hall–Kier alpha value is -3.21. The minimum atomic E-state index is -0.577. The molecule has 2 atom stereocenters. The predicted octanol–water partition coefficient (Wildman–Crippen LogP) is 3.87. The zero-order valence-electron chi connectivity index (χ0n) is 17.9. The molecule has 0 aromatic heterocycles. The first-order valence-electron chi connectivity index (χ1n) is 11.1. The highest BCUT2D eigenvalue weighted by molar-refractivity contribution is 5.94. The van der Waals surface area contributed by atoms with Crippen LogP contribution in [-0.4, -0.2) is 29.3 Å². The zero-order valence-corrected chi connectivity index (χ0v) is 17.9. The van der Waals surface area contributed by atoms with Crippen LogP contribution in [0.4, 0.5) is 0 Å². The lowest BCUT2D eigenvalue weighted by molar-refractivity contribution is 0.0651. The van der Waals surface area contributed by atoms with Crippen LogP contribution in [0.5, 0.6) is 0 Å². The summed E-state index contributed by atoms with van der Waals surface area (Å²) in [5.41, 5.74) is 7.28. The summed E-state index contributed by atoms with van der Waals surface area (Å²) in [7, 11) is 0. The maximum atomic E-state index is 12.2. The maximum absolute atomic E-state index is 12.2. The van der Waals surface area contributed by atoms with E-state index < -0.39 is 11.5 Å². The lowest BCUT2D eigenvalue weighted by atomic mass is 9.70. The van der Waals surface area contributed by atoms with E-state index in [9.17, 15) is 9.90 Å². The Labute approximate surface area is 188 Å². The first-order chi connectivity index (χ1) is 15.6. The number of nitrogens with one attached hydrogen (secondary N) is 1. The summed E-state index contributed by atoms with van der Waals surface area (Å²) in [5, 5.41) is 23.2. The standard InChI is InChI=1S/C28H27NO3/c30-14-13-29-27(32)20-11-9-19(10-12-20)17-28(18-23-7-3-4-8-25(23)26(28)31)24-15-21-5-1-2-6-22(21)16-24/h1-12,15,26,30-31H,13-14,16-18H2,(H,29,32). The fraction of sp³-hybridized carbons (Fsp3) is 0.250. The van der Waals surface area contributed by atoms with Gasteiger partial charge in [-0.05, 0) is 59.2 Å². The van der Waals surface area contributed by atoms with E-state index >= 15 is 0 Å². The lowest BCUT2D eigenvalue weighted by Gasteiger charge is -2.35. The molecule has 2 unspecified atom stereocenters. The van der Waals surface area contributed by atoms with Gasteiger partial charge in [0.05, 0.1) is 12.7 Å². The second kappa shape index (κ2) is 8.38. The molecule has 162 valence electrons. The van der Waals surface area contributed by atoms with Gasteiger partial charge in [-0.2, -0.15) is 0 Å². The lowest BCUT2D eigenvalue weighted by Crippen LogP contribution is -2.31. The smallest absolute Gasteiger partial charge is 0.251 e. The number of amides is 1. The fourth-order valence-electron chi connectivity index (χ4n) is 5.27. The topological polar surface area (TPSA) is 69.6 Å². The van der Waals surface area contributed by atoms with Crippen molar-refractivity contribution >= 4 is 12.0 Å². The van der Waals surface area contributed by atoms with Crippen molar-refractivity contribution in [2.24, 2.45) is 5.41 Å². The molecule has 0 aliphatic heterocycles. The van der Waals surface area contributed by atoms with Crippen LogP contribution >= 0.6 is 0 Å². The van der Waals surface area contributed by atoms with Gasteiger partial charge < -0.3 is 15.5 Å². The second-order valence-corrected chi connectivity index (χ2v) is 8.83. The molecule has 3 N–H and O–H groups in total. The number of hydrogen-bond acceptors (Lipinski definition) is 3. The van der Waals surface area contributed by atoms with Crippen molar-refractivity contribution in [1.82, 2.24) is 5.32 Å². The van der Waals surface area contributed by atoms with Crippen LogP contribution in [0.15, 0.2) is 78.4 Å². The highest BCUT2D eigenvalue weighted by Crippen LogP contribution is 2.54. The molecule has 5 rings (SSSR count). The monoisotopic (exact) mass is 425 g/mol. The molecule has 0 radical (unpaired) electrons. The zero-order chi connectivity index (χ0) is 22.1. The first-order valence-corrected chi connectivity index (χ1v) is 11.1. The van der Waals surface area contributed by atoms with Crippen molar-refractivity contribution in [2.75, 3.05) is 13.2 Å². The molecule has 0 heterocycles. The molecule has 4 heteroatoms. The number of aliphatic hydroxyl groups is 2. The summed E-state index contributed by atoms with van der Waals surface area (Å²) in [4.78, 5) is 12.2. The molecule has 0 saturated carbocycles. The number of aliphatic hydroxyl groups excluding tert-OH is 2. The van der Waals surface area contributed by atoms with Crippen LogP contribution < -0.4 is 5.32 Å². The van der Waals surface area contributed by atoms with Crippen LogP contribution in [-0.2, 0) is 19.3 Å². The summed E-state index contributed by atoms with van der Waals surface area (Å²) in [6.07, 6.45) is 4.03. The number of carbonyl (C=O) groups is 1. The molecule has 3 aromatic carbocycles. The van der Waals surface area contributed by atoms with Gasteiger partial charge >= 0.3 is 0 Å². The van der Waals surface area contributed by atoms with Crippen LogP contribution in [0.2, 0.25) is 0 Å². The van der Waals surface area contributed by atoms with Gasteiger partial charge in [-0.1, -0.05) is 72.3 Å². The van der Waals surface area contributed by atoms with E-state index in [1.165, 1.54) is 22.3 Å². The molecule has 0 spiro atoms. The highest BCUT2D eigenvalue weighted by atomic mass is 16.3. The van der Waals surface area contributed by atoms with Crippen molar-refractivity contribution < 1.29 is 15.0 Å². The van der Waals surface area contributed by atoms with Crippen molar-refractivity contribution in [3.05, 3.63) is 112 Å². The molecule has 0 saturated heterocycles. The molecule has 0 fully saturated rings. The predicted molar refractivity (Wildman–Crippen MR) is 125 cm³/mol. The maximum Gasteiger partial charge on any atom is 0.251 e. The quantitative estimate of drug-likeness (QED) is 0.562. The van der Waals surface area contributed by atoms with Crippen LogP contribution in [0, 0.1) is 5.41 Å². The Morgan fingerprint density at radius 1 is 0.969 bits per heavy atom. The molecular formula is C28H27NO3. The molecule has 4 nitrogen and oxygen atoms in total. The van der Waals surface area contributed by atoms with Gasteiger partial charge in [0.2, 0.25) is 0 Å². The Balaban J connectivity index is 1.48. The van der Waals surface area contributed by atoms with E-state index in [0.717, 1.165) is 24.0 Å². The van der Waals surface area contributed by atoms with Crippen LogP contribution in [0.1, 0.15) is 44.3 Å². The van der Waals surface area contributed by atoms with Gasteiger partial charge in [-0.15, -0.1) is 0 Å². The van der Waals surface area contributed by atoms with Gasteiger partial charge in [0, 0.05) is 17.5 Å². The van der Waals surface area contributed by atoms with E-state index in [4.69, 9.17) is 5.11 Å². The van der Waals surface area contributed by atoms with Crippen molar-refractivity contribution in [1.29, 1.82) is 0 Å². The van der Waals surface area contributed by atoms with Gasteiger partial charge in [0.25, 0.3) is 5.91 Å². The van der Waals surface area contributed by atoms with E-state index in [1.807, 2.05) is 42.5 Å². The molecular weight excluding hydrogens is 398 g/mol. The van der Waals surface area contributed by atoms with Crippen molar-refractivity contribution in [3.63, 3.8) is 0 Å². The second-order valence-electron chi connectivity index (χ2n) is 8.83. The number of hydrogen-bond donors (Lipinski definition) is 3. The van der Waals surface area contributed by atoms with Crippen molar-refractivity contribution in [2.45, 2.75) is 25.4 Å². The molecule has 0 bridgehead atoms. The Kier molecular flexibility index (Phi) is 5.41. The molecule has 2 aliphatic carbocycles. The third kappa shape index (κ3) is 3.56. The normalized spacial score (nSPS) is 21.1. The minimum absolute atomic E-state index is 0.0811. The summed E-state index contributed by atoms with van der Waals surface area (Å²) in [6, 6.07) is 24.2. The molecule has 3 aromatic rings. The number of carbonyl (C=O) groups excluding carboxylic acids is 1. The molecule has 1 amide bonds. The number of fused-ring (bicyclic) bond motifs is 2. The van der Waals surface area contributed by atoms with Crippen LogP contribution in [0.3, 0.4) is 0 Å². The van der Waals surface area contributed by atoms with E-state index in [2.05, 4.69) is 41.7 Å². The fourth-order valence-corrected chi connectivity index (χ4v) is 5.27. The summed E-state index contributed by atoms with van der Waals surface area (Å²) < 4.78 is 0. The van der Waals surface area contributed by atoms with E-state index in [1.54, 1.807) is 0 Å². The third-order valence-electron chi connectivity index (χ3n) is 6.92. The van der Waals surface area contributed by atoms with Gasteiger partial charge in [0.1, 0.15) is 0 Å².